The number of nitrogens with one attached hydrogen (secondary N) is 1. The van der Waals surface area contributed by atoms with E-state index in [9.17, 15) is 0 Å². The first-order valence-electron chi connectivity index (χ1n) is 5.11. The van der Waals surface area contributed by atoms with E-state index in [1.165, 1.54) is 25.0 Å². The van der Waals surface area contributed by atoms with Gasteiger partial charge in [-0.1, -0.05) is 12.8 Å². The molecule has 0 aromatic rings. The Kier molecular flexibility index (Phi) is 5.34. The van der Waals surface area contributed by atoms with Crippen LogP contribution in [0.5, 0.6) is 0 Å². The Balaban J connectivity index is 2.12. The molecule has 0 bridgehead atoms. The van der Waals surface area contributed by atoms with Crippen molar-refractivity contribution in [3.63, 3.8) is 0 Å². The molecule has 1 saturated carbocycles. The van der Waals surface area contributed by atoms with Gasteiger partial charge in [0.1, 0.15) is 0 Å². The molecule has 0 spiro atoms. The summed E-state index contributed by atoms with van der Waals surface area (Å²) in [6.07, 6.45) is 4.06. The smallest absolute Gasteiger partial charge is 0.0578 e. The van der Waals surface area contributed by atoms with Crippen LogP contribution in [0.1, 0.15) is 33.1 Å². The fourth-order valence-electron chi connectivity index (χ4n) is 1.80. The molecule has 2 atom stereocenters. The Labute approximate surface area is 86.1 Å². The van der Waals surface area contributed by atoms with Gasteiger partial charge in [0.05, 0.1) is 6.54 Å². The standard InChI is InChI=1S/C11H19NS/c1-3-5-8-12-10-6-7-11(9-10)13-4-2/h10-12H,4,6-9H2,1-2H3. The largest absolute Gasteiger partial charge is 0.303 e. The van der Waals surface area contributed by atoms with Gasteiger partial charge in [-0.25, -0.2) is 0 Å². The molecule has 1 aliphatic carbocycles. The maximum atomic E-state index is 3.48. The van der Waals surface area contributed by atoms with E-state index in [0.29, 0.717) is 0 Å². The number of hydrogen-bond donors (Lipinski definition) is 1. The highest BCUT2D eigenvalue weighted by atomic mass is 32.2. The topological polar surface area (TPSA) is 12.0 Å². The van der Waals surface area contributed by atoms with Gasteiger partial charge < -0.3 is 5.32 Å². The van der Waals surface area contributed by atoms with Gasteiger partial charge in [0.2, 0.25) is 0 Å². The Hall–Kier alpha value is -0.130. The van der Waals surface area contributed by atoms with Crippen molar-refractivity contribution < 1.29 is 0 Å². The zero-order valence-electron chi connectivity index (χ0n) is 8.60. The lowest BCUT2D eigenvalue weighted by molar-refractivity contribution is 0.562. The summed E-state index contributed by atoms with van der Waals surface area (Å²) < 4.78 is 0. The molecule has 1 nitrogen and oxygen atoms in total. The molecule has 0 aromatic heterocycles. The first-order valence-corrected chi connectivity index (χ1v) is 6.16. The summed E-state index contributed by atoms with van der Waals surface area (Å²) in [5, 5.41) is 4.38. The second kappa shape index (κ2) is 6.34. The van der Waals surface area contributed by atoms with Crippen LogP contribution in [0.4, 0.5) is 0 Å². The van der Waals surface area contributed by atoms with Crippen molar-refractivity contribution in [2.75, 3.05) is 12.3 Å². The predicted molar refractivity (Wildman–Crippen MR) is 61.0 cm³/mol. The van der Waals surface area contributed by atoms with Crippen molar-refractivity contribution in [3.05, 3.63) is 0 Å². The van der Waals surface area contributed by atoms with Crippen molar-refractivity contribution in [2.45, 2.75) is 44.4 Å². The molecule has 0 saturated heterocycles. The molecule has 0 heterocycles. The Morgan fingerprint density at radius 3 is 3.00 bits per heavy atom. The zero-order valence-corrected chi connectivity index (χ0v) is 9.41. The first kappa shape index (κ1) is 10.9. The van der Waals surface area contributed by atoms with Gasteiger partial charge in [0, 0.05) is 11.3 Å². The van der Waals surface area contributed by atoms with Crippen LogP contribution in [-0.4, -0.2) is 23.6 Å². The first-order chi connectivity index (χ1) is 6.36. The van der Waals surface area contributed by atoms with Crippen LogP contribution in [0.2, 0.25) is 0 Å². The Bertz CT molecular complexity index is 192. The SMILES string of the molecule is CC#CCNC1CCC(SCC)C1. The lowest BCUT2D eigenvalue weighted by atomic mass is 10.2. The highest BCUT2D eigenvalue weighted by molar-refractivity contribution is 7.99. The van der Waals surface area contributed by atoms with E-state index in [2.05, 4.69) is 35.8 Å². The second-order valence-electron chi connectivity index (χ2n) is 3.40. The summed E-state index contributed by atoms with van der Waals surface area (Å²) in [6.45, 7) is 5.00. The molecule has 1 N–H and O–H groups in total. The molecule has 0 aromatic carbocycles. The molecule has 74 valence electrons. The maximum Gasteiger partial charge on any atom is 0.0578 e. The van der Waals surface area contributed by atoms with E-state index >= 15 is 0 Å². The van der Waals surface area contributed by atoms with E-state index in [0.717, 1.165) is 17.8 Å². The monoisotopic (exact) mass is 197 g/mol. The maximum absolute atomic E-state index is 3.48. The fourth-order valence-corrected chi connectivity index (χ4v) is 2.94. The van der Waals surface area contributed by atoms with E-state index in [1.54, 1.807) is 0 Å². The zero-order chi connectivity index (χ0) is 9.52. The van der Waals surface area contributed by atoms with Crippen molar-refractivity contribution in [2.24, 2.45) is 0 Å². The molecule has 0 amide bonds. The highest BCUT2D eigenvalue weighted by Gasteiger charge is 2.23. The minimum Gasteiger partial charge on any atom is -0.303 e. The van der Waals surface area contributed by atoms with E-state index in [-0.39, 0.29) is 0 Å². The number of thioether (sulfide) groups is 1. The van der Waals surface area contributed by atoms with Gasteiger partial charge in [-0.3, -0.25) is 0 Å². The summed E-state index contributed by atoms with van der Waals surface area (Å²) in [6, 6.07) is 0.727. The van der Waals surface area contributed by atoms with Crippen molar-refractivity contribution >= 4 is 11.8 Å². The van der Waals surface area contributed by atoms with E-state index in [1.807, 2.05) is 6.92 Å². The summed E-state index contributed by atoms with van der Waals surface area (Å²) in [4.78, 5) is 0. The van der Waals surface area contributed by atoms with Gasteiger partial charge in [-0.2, -0.15) is 11.8 Å². The van der Waals surface area contributed by atoms with Crippen LogP contribution >= 0.6 is 11.8 Å². The predicted octanol–water partition coefficient (Wildman–Crippen LogP) is 2.27. The average Bonchev–Trinajstić information content (AvgIpc) is 2.54. The Morgan fingerprint density at radius 2 is 2.31 bits per heavy atom. The normalized spacial score (nSPS) is 26.9. The van der Waals surface area contributed by atoms with Crippen LogP contribution in [0, 0.1) is 11.8 Å². The molecular formula is C11H19NS. The molecule has 0 aliphatic heterocycles. The van der Waals surface area contributed by atoms with Crippen molar-refractivity contribution in [1.29, 1.82) is 0 Å². The minimum absolute atomic E-state index is 0.727. The molecule has 1 rings (SSSR count). The van der Waals surface area contributed by atoms with Crippen LogP contribution in [0.3, 0.4) is 0 Å². The summed E-state index contributed by atoms with van der Waals surface area (Å²) in [5.41, 5.74) is 0. The third kappa shape index (κ3) is 4.06. The lowest BCUT2D eigenvalue weighted by Gasteiger charge is -2.10. The van der Waals surface area contributed by atoms with E-state index < -0.39 is 0 Å². The van der Waals surface area contributed by atoms with Gasteiger partial charge >= 0.3 is 0 Å². The number of rotatable bonds is 4. The fraction of sp³-hybridized carbons (Fsp3) is 0.818. The van der Waals surface area contributed by atoms with E-state index in [4.69, 9.17) is 0 Å². The van der Waals surface area contributed by atoms with Crippen molar-refractivity contribution in [3.8, 4) is 11.8 Å². The molecule has 1 aliphatic rings. The lowest BCUT2D eigenvalue weighted by Crippen LogP contribution is -2.26. The van der Waals surface area contributed by atoms with Crippen LogP contribution in [-0.2, 0) is 0 Å². The second-order valence-corrected chi connectivity index (χ2v) is 4.97. The van der Waals surface area contributed by atoms with Gasteiger partial charge in [0.15, 0.2) is 0 Å². The van der Waals surface area contributed by atoms with Crippen molar-refractivity contribution in [1.82, 2.24) is 5.32 Å². The van der Waals surface area contributed by atoms with Gasteiger partial charge in [-0.15, -0.1) is 5.92 Å². The van der Waals surface area contributed by atoms with Crippen LogP contribution in [0.15, 0.2) is 0 Å². The number of hydrogen-bond acceptors (Lipinski definition) is 2. The van der Waals surface area contributed by atoms with Gasteiger partial charge in [0.25, 0.3) is 0 Å². The summed E-state index contributed by atoms with van der Waals surface area (Å²) in [7, 11) is 0. The molecule has 1 fully saturated rings. The quantitative estimate of drug-likeness (QED) is 0.694. The molecule has 2 heteroatoms. The molecule has 0 radical (unpaired) electrons. The third-order valence-electron chi connectivity index (χ3n) is 2.44. The third-order valence-corrected chi connectivity index (χ3v) is 3.68. The average molecular weight is 197 g/mol. The Morgan fingerprint density at radius 1 is 1.46 bits per heavy atom. The summed E-state index contributed by atoms with van der Waals surface area (Å²) in [5.74, 6) is 7.22. The van der Waals surface area contributed by atoms with Gasteiger partial charge in [-0.05, 0) is 31.9 Å². The highest BCUT2D eigenvalue weighted by Crippen LogP contribution is 2.29. The molecule has 2 unspecified atom stereocenters. The van der Waals surface area contributed by atoms with Crippen LogP contribution in [0.25, 0.3) is 0 Å². The summed E-state index contributed by atoms with van der Waals surface area (Å²) >= 11 is 2.11. The molecule has 13 heavy (non-hydrogen) atoms. The van der Waals surface area contributed by atoms with Crippen LogP contribution < -0.4 is 5.32 Å². The molecular weight excluding hydrogens is 178 g/mol. The minimum atomic E-state index is 0.727.